The molecular weight excluding hydrogens is 461 g/mol. The van der Waals surface area contributed by atoms with E-state index < -0.39 is 4.92 Å². The quantitative estimate of drug-likeness (QED) is 0.407. The summed E-state index contributed by atoms with van der Waals surface area (Å²) >= 11 is 2.27. The molecule has 8 heteroatoms. The molecule has 0 radical (unpaired) electrons. The van der Waals surface area contributed by atoms with Crippen LogP contribution in [-0.4, -0.2) is 37.1 Å². The molecule has 27 heavy (non-hydrogen) atoms. The zero-order chi connectivity index (χ0) is 19.6. The van der Waals surface area contributed by atoms with Crippen molar-refractivity contribution in [3.05, 3.63) is 60.7 Å². The number of anilines is 2. The summed E-state index contributed by atoms with van der Waals surface area (Å²) in [7, 11) is 0. The molecule has 1 N–H and O–H groups in total. The van der Waals surface area contributed by atoms with Crippen LogP contribution in [0.2, 0.25) is 0 Å². The topological polar surface area (TPSA) is 84.7 Å². The SMILES string of the molecule is Cc1cc(NC(=O)c2cc([N+](=O)[O-])ccc2N2CCOCC2)cc(C)c1I. The van der Waals surface area contributed by atoms with Gasteiger partial charge in [-0.15, -0.1) is 0 Å². The lowest BCUT2D eigenvalue weighted by molar-refractivity contribution is -0.384. The van der Waals surface area contributed by atoms with Crippen LogP contribution in [0.5, 0.6) is 0 Å². The Kier molecular flexibility index (Phi) is 5.95. The molecule has 0 aromatic heterocycles. The van der Waals surface area contributed by atoms with Crippen molar-refractivity contribution in [2.75, 3.05) is 36.5 Å². The molecule has 0 unspecified atom stereocenters. The van der Waals surface area contributed by atoms with Crippen LogP contribution in [0.15, 0.2) is 30.3 Å². The monoisotopic (exact) mass is 481 g/mol. The van der Waals surface area contributed by atoms with Gasteiger partial charge in [-0.05, 0) is 65.8 Å². The minimum Gasteiger partial charge on any atom is -0.378 e. The third-order valence-electron chi connectivity index (χ3n) is 4.48. The van der Waals surface area contributed by atoms with Crippen LogP contribution in [0.4, 0.5) is 17.1 Å². The van der Waals surface area contributed by atoms with Crippen LogP contribution in [0.1, 0.15) is 21.5 Å². The second kappa shape index (κ2) is 8.22. The number of morpholine rings is 1. The van der Waals surface area contributed by atoms with Gasteiger partial charge in [0.1, 0.15) is 0 Å². The fourth-order valence-corrected chi connectivity index (χ4v) is 3.43. The van der Waals surface area contributed by atoms with E-state index in [0.29, 0.717) is 43.2 Å². The highest BCUT2D eigenvalue weighted by Crippen LogP contribution is 2.28. The van der Waals surface area contributed by atoms with Gasteiger partial charge in [-0.3, -0.25) is 14.9 Å². The summed E-state index contributed by atoms with van der Waals surface area (Å²) in [5.41, 5.74) is 3.68. The second-order valence-electron chi connectivity index (χ2n) is 6.44. The maximum absolute atomic E-state index is 13.0. The fraction of sp³-hybridized carbons (Fsp3) is 0.316. The number of carbonyl (C=O) groups excluding carboxylic acids is 1. The van der Waals surface area contributed by atoms with Crippen molar-refractivity contribution in [1.29, 1.82) is 0 Å². The zero-order valence-corrected chi connectivity index (χ0v) is 17.3. The van der Waals surface area contributed by atoms with Crippen molar-refractivity contribution in [3.8, 4) is 0 Å². The van der Waals surface area contributed by atoms with E-state index >= 15 is 0 Å². The molecule has 0 atom stereocenters. The second-order valence-corrected chi connectivity index (χ2v) is 7.51. The summed E-state index contributed by atoms with van der Waals surface area (Å²) in [5.74, 6) is -0.361. The maximum Gasteiger partial charge on any atom is 0.270 e. The molecule has 1 aliphatic heterocycles. The van der Waals surface area contributed by atoms with Gasteiger partial charge in [0.15, 0.2) is 0 Å². The molecular formula is C19H20IN3O4. The van der Waals surface area contributed by atoms with Gasteiger partial charge in [-0.2, -0.15) is 0 Å². The van der Waals surface area contributed by atoms with Gasteiger partial charge >= 0.3 is 0 Å². The lowest BCUT2D eigenvalue weighted by Gasteiger charge is -2.30. The van der Waals surface area contributed by atoms with Gasteiger partial charge in [-0.25, -0.2) is 0 Å². The van der Waals surface area contributed by atoms with Crippen LogP contribution >= 0.6 is 22.6 Å². The Hall–Kier alpha value is -2.20. The van der Waals surface area contributed by atoms with E-state index in [9.17, 15) is 14.9 Å². The molecule has 7 nitrogen and oxygen atoms in total. The highest BCUT2D eigenvalue weighted by atomic mass is 127. The molecule has 142 valence electrons. The first kappa shape index (κ1) is 19.6. The molecule has 1 amide bonds. The number of hydrogen-bond acceptors (Lipinski definition) is 5. The third kappa shape index (κ3) is 4.38. The predicted molar refractivity (Wildman–Crippen MR) is 113 cm³/mol. The number of nitrogens with zero attached hydrogens (tertiary/aromatic N) is 2. The van der Waals surface area contributed by atoms with Crippen molar-refractivity contribution in [3.63, 3.8) is 0 Å². The van der Waals surface area contributed by atoms with Crippen LogP contribution in [0, 0.1) is 27.5 Å². The number of ether oxygens (including phenoxy) is 1. The van der Waals surface area contributed by atoms with E-state index in [4.69, 9.17) is 4.74 Å². The van der Waals surface area contributed by atoms with E-state index in [2.05, 4.69) is 27.9 Å². The Balaban J connectivity index is 1.96. The van der Waals surface area contributed by atoms with Crippen LogP contribution in [0.25, 0.3) is 0 Å². The summed E-state index contributed by atoms with van der Waals surface area (Å²) in [4.78, 5) is 25.7. The van der Waals surface area contributed by atoms with Crippen molar-refractivity contribution in [2.45, 2.75) is 13.8 Å². The highest BCUT2D eigenvalue weighted by Gasteiger charge is 2.22. The molecule has 1 fully saturated rings. The molecule has 0 bridgehead atoms. The average molecular weight is 481 g/mol. The van der Waals surface area contributed by atoms with Gasteiger partial charge in [0.05, 0.1) is 29.4 Å². The van der Waals surface area contributed by atoms with Crippen LogP contribution in [-0.2, 0) is 4.74 Å². The van der Waals surface area contributed by atoms with Gasteiger partial charge in [-0.1, -0.05) is 0 Å². The van der Waals surface area contributed by atoms with Crippen LogP contribution < -0.4 is 10.2 Å². The first-order chi connectivity index (χ1) is 12.9. The standard InChI is InChI=1S/C19H20IN3O4/c1-12-9-14(10-13(2)18(12)20)21-19(24)16-11-15(23(25)26)3-4-17(16)22-5-7-27-8-6-22/h3-4,9-11H,5-8H2,1-2H3,(H,21,24). The van der Waals surface area contributed by atoms with E-state index in [1.165, 1.54) is 12.1 Å². The van der Waals surface area contributed by atoms with E-state index in [1.54, 1.807) is 6.07 Å². The van der Waals surface area contributed by atoms with Crippen molar-refractivity contribution in [1.82, 2.24) is 0 Å². The number of hydrogen-bond donors (Lipinski definition) is 1. The van der Waals surface area contributed by atoms with E-state index in [0.717, 1.165) is 14.7 Å². The summed E-state index contributed by atoms with van der Waals surface area (Å²) in [6.07, 6.45) is 0. The predicted octanol–water partition coefficient (Wildman–Crippen LogP) is 3.91. The molecule has 1 aliphatic rings. The molecule has 2 aromatic rings. The molecule has 0 saturated carbocycles. The number of nitrogens with one attached hydrogen (secondary N) is 1. The number of rotatable bonds is 4. The number of halogens is 1. The lowest BCUT2D eigenvalue weighted by Crippen LogP contribution is -2.37. The Morgan fingerprint density at radius 1 is 1.19 bits per heavy atom. The van der Waals surface area contributed by atoms with E-state index in [1.807, 2.05) is 30.9 Å². The van der Waals surface area contributed by atoms with Gasteiger partial charge in [0.2, 0.25) is 0 Å². The van der Waals surface area contributed by atoms with Crippen molar-refractivity contribution >= 4 is 45.6 Å². The molecule has 3 rings (SSSR count). The Morgan fingerprint density at radius 3 is 2.41 bits per heavy atom. The Labute approximate surface area is 171 Å². The van der Waals surface area contributed by atoms with Crippen LogP contribution in [0.3, 0.4) is 0 Å². The molecule has 2 aromatic carbocycles. The maximum atomic E-state index is 13.0. The third-order valence-corrected chi connectivity index (χ3v) is 6.18. The largest absolute Gasteiger partial charge is 0.378 e. The summed E-state index contributed by atoms with van der Waals surface area (Å²) in [6.45, 7) is 6.37. The number of carbonyl (C=O) groups is 1. The Bertz CT molecular complexity index is 872. The summed E-state index contributed by atoms with van der Waals surface area (Å²) in [5, 5.41) is 14.1. The number of benzene rings is 2. The smallest absolute Gasteiger partial charge is 0.270 e. The zero-order valence-electron chi connectivity index (χ0n) is 15.1. The minimum absolute atomic E-state index is 0.105. The minimum atomic E-state index is -0.487. The molecule has 0 aliphatic carbocycles. The number of nitro benzene ring substituents is 1. The van der Waals surface area contributed by atoms with Crippen molar-refractivity contribution < 1.29 is 14.5 Å². The van der Waals surface area contributed by atoms with Gasteiger partial charge in [0.25, 0.3) is 11.6 Å². The van der Waals surface area contributed by atoms with E-state index in [-0.39, 0.29) is 11.6 Å². The van der Waals surface area contributed by atoms with Gasteiger partial charge in [0, 0.05) is 34.5 Å². The first-order valence-corrected chi connectivity index (χ1v) is 9.64. The Morgan fingerprint density at radius 2 is 1.81 bits per heavy atom. The summed E-state index contributed by atoms with van der Waals surface area (Å²) in [6, 6.07) is 8.22. The average Bonchev–Trinajstić information content (AvgIpc) is 2.66. The number of nitro groups is 1. The number of amides is 1. The first-order valence-electron chi connectivity index (χ1n) is 8.56. The lowest BCUT2D eigenvalue weighted by atomic mass is 10.1. The number of aryl methyl sites for hydroxylation is 2. The highest BCUT2D eigenvalue weighted by molar-refractivity contribution is 14.1. The van der Waals surface area contributed by atoms with Gasteiger partial charge < -0.3 is 15.0 Å². The molecule has 0 spiro atoms. The number of non-ortho nitro benzene ring substituents is 1. The van der Waals surface area contributed by atoms with Crippen molar-refractivity contribution in [2.24, 2.45) is 0 Å². The summed E-state index contributed by atoms with van der Waals surface area (Å²) < 4.78 is 6.51. The fourth-order valence-electron chi connectivity index (χ4n) is 3.12. The molecule has 1 heterocycles. The molecule has 1 saturated heterocycles. The normalized spacial score (nSPS) is 14.1.